The fraction of sp³-hybridized carbons (Fsp3) is 0.462. The predicted molar refractivity (Wildman–Crippen MR) is 69.6 cm³/mol. The van der Waals surface area contributed by atoms with Gasteiger partial charge in [-0.3, -0.25) is 0 Å². The van der Waals surface area contributed by atoms with Gasteiger partial charge in [0.05, 0.1) is 6.10 Å². The molecule has 0 radical (unpaired) electrons. The molecule has 1 aliphatic carbocycles. The van der Waals surface area contributed by atoms with E-state index in [1.165, 1.54) is 6.07 Å². The third kappa shape index (κ3) is 3.21. The highest BCUT2D eigenvalue weighted by molar-refractivity contribution is 5.97. The second-order valence-corrected chi connectivity index (χ2v) is 4.70. The first-order chi connectivity index (χ1) is 9.13. The number of hydrogen-bond donors (Lipinski definition) is 3. The molecule has 0 bridgehead atoms. The van der Waals surface area contributed by atoms with Gasteiger partial charge in [0.25, 0.3) is 0 Å². The van der Waals surface area contributed by atoms with E-state index in [2.05, 4.69) is 10.5 Å². The van der Waals surface area contributed by atoms with Crippen molar-refractivity contribution in [1.82, 2.24) is 5.32 Å². The first-order valence-corrected chi connectivity index (χ1v) is 6.16. The average Bonchev–Trinajstić information content (AvgIpc) is 2.37. The van der Waals surface area contributed by atoms with E-state index in [-0.39, 0.29) is 11.7 Å². The van der Waals surface area contributed by atoms with Gasteiger partial charge in [-0.05, 0) is 18.9 Å². The number of nitrogens with zero attached hydrogens (tertiary/aromatic N) is 1. The Morgan fingerprint density at radius 1 is 1.58 bits per heavy atom. The van der Waals surface area contributed by atoms with E-state index in [0.717, 1.165) is 12.8 Å². The fourth-order valence-corrected chi connectivity index (χ4v) is 2.09. The van der Waals surface area contributed by atoms with Gasteiger partial charge in [-0.25, -0.2) is 4.39 Å². The molecule has 0 saturated heterocycles. The molecule has 1 aromatic rings. The van der Waals surface area contributed by atoms with Gasteiger partial charge in [0.15, 0.2) is 5.84 Å². The topological polar surface area (TPSA) is 79.9 Å². The monoisotopic (exact) mass is 267 g/mol. The van der Waals surface area contributed by atoms with Gasteiger partial charge in [-0.1, -0.05) is 17.3 Å². The van der Waals surface area contributed by atoms with Crippen LogP contribution in [0.2, 0.25) is 0 Å². The summed E-state index contributed by atoms with van der Waals surface area (Å²) in [5.41, 5.74) is 6.33. The second kappa shape index (κ2) is 5.99. The normalized spacial score (nSPS) is 23.2. The molecule has 1 aliphatic rings. The Balaban J connectivity index is 1.91. The van der Waals surface area contributed by atoms with Gasteiger partial charge < -0.3 is 21.0 Å². The molecule has 0 aliphatic heterocycles. The first kappa shape index (κ1) is 13.8. The number of amidine groups is 1. The summed E-state index contributed by atoms with van der Waals surface area (Å²) in [6.07, 6.45) is 2.24. The van der Waals surface area contributed by atoms with Crippen molar-refractivity contribution in [3.63, 3.8) is 0 Å². The molecule has 2 rings (SSSR count). The summed E-state index contributed by atoms with van der Waals surface area (Å²) in [4.78, 5) is 0. The maximum Gasteiger partial charge on any atom is 0.170 e. The minimum atomic E-state index is -0.362. The Kier molecular flexibility index (Phi) is 4.34. The van der Waals surface area contributed by atoms with E-state index in [1.807, 2.05) is 0 Å². The van der Waals surface area contributed by atoms with Crippen LogP contribution in [0.4, 0.5) is 4.39 Å². The number of rotatable bonds is 5. The average molecular weight is 267 g/mol. The number of nitrogens with one attached hydrogen (secondary N) is 1. The Morgan fingerprint density at radius 3 is 2.89 bits per heavy atom. The lowest BCUT2D eigenvalue weighted by Gasteiger charge is -2.34. The van der Waals surface area contributed by atoms with Gasteiger partial charge in [-0.2, -0.15) is 0 Å². The number of oxime groups is 1. The molecule has 4 N–H and O–H groups in total. The Labute approximate surface area is 111 Å². The summed E-state index contributed by atoms with van der Waals surface area (Å²) in [5.74, 6) is -0.459. The van der Waals surface area contributed by atoms with Gasteiger partial charge >= 0.3 is 0 Å². The van der Waals surface area contributed by atoms with Gasteiger partial charge in [-0.15, -0.1) is 0 Å². The number of methoxy groups -OCH3 is 1. The van der Waals surface area contributed by atoms with Crippen molar-refractivity contribution in [2.45, 2.75) is 31.5 Å². The summed E-state index contributed by atoms with van der Waals surface area (Å²) in [6, 6.07) is 4.93. The number of hydrogen-bond acceptors (Lipinski definition) is 4. The molecule has 1 fully saturated rings. The summed E-state index contributed by atoms with van der Waals surface area (Å²) in [5, 5.41) is 14.6. The number of ether oxygens (including phenoxy) is 1. The third-order valence-corrected chi connectivity index (χ3v) is 3.47. The molecule has 0 heterocycles. The first-order valence-electron chi connectivity index (χ1n) is 6.16. The lowest BCUT2D eigenvalue weighted by Crippen LogP contribution is -2.44. The summed E-state index contributed by atoms with van der Waals surface area (Å²) in [6.45, 7) is 0.462. The molecule has 5 nitrogen and oxygen atoms in total. The lowest BCUT2D eigenvalue weighted by molar-refractivity contribution is 0.0169. The molecular formula is C13H18FN3O2. The molecule has 0 atom stereocenters. The zero-order valence-electron chi connectivity index (χ0n) is 10.8. The van der Waals surface area contributed by atoms with Crippen LogP contribution >= 0.6 is 0 Å². The summed E-state index contributed by atoms with van der Waals surface area (Å²) in [7, 11) is 1.70. The maximum atomic E-state index is 13.8. The molecule has 0 spiro atoms. The minimum absolute atomic E-state index is 0.0969. The minimum Gasteiger partial charge on any atom is -0.409 e. The molecule has 6 heteroatoms. The highest BCUT2D eigenvalue weighted by Crippen LogP contribution is 2.23. The fourth-order valence-electron chi connectivity index (χ4n) is 2.09. The van der Waals surface area contributed by atoms with Crippen molar-refractivity contribution >= 4 is 5.84 Å². The maximum absolute atomic E-state index is 13.8. The van der Waals surface area contributed by atoms with Gasteiger partial charge in [0.2, 0.25) is 0 Å². The zero-order valence-corrected chi connectivity index (χ0v) is 10.8. The van der Waals surface area contributed by atoms with Gasteiger partial charge in [0.1, 0.15) is 5.82 Å². The standard InChI is InChI=1S/C13H18FN3O2/c1-19-11-5-10(6-11)16-7-9-3-2-8(4-12(9)14)13(15)17-18/h2-4,10-11,16,18H,5-7H2,1H3,(H2,15,17). The van der Waals surface area contributed by atoms with E-state index in [1.54, 1.807) is 19.2 Å². The molecule has 1 saturated carbocycles. The lowest BCUT2D eigenvalue weighted by atomic mass is 9.89. The van der Waals surface area contributed by atoms with E-state index in [9.17, 15) is 4.39 Å². The number of halogens is 1. The Bertz CT molecular complexity index is 473. The molecule has 19 heavy (non-hydrogen) atoms. The van der Waals surface area contributed by atoms with Crippen LogP contribution in [0.3, 0.4) is 0 Å². The van der Waals surface area contributed by atoms with Crippen LogP contribution in [0, 0.1) is 5.82 Å². The number of benzene rings is 1. The van der Waals surface area contributed by atoms with E-state index >= 15 is 0 Å². The van der Waals surface area contributed by atoms with Crippen LogP contribution in [0.15, 0.2) is 23.4 Å². The molecule has 1 aromatic carbocycles. The quantitative estimate of drug-likeness (QED) is 0.324. The van der Waals surface area contributed by atoms with Crippen LogP contribution in [0.5, 0.6) is 0 Å². The van der Waals surface area contributed by atoms with Crippen LogP contribution in [-0.2, 0) is 11.3 Å². The highest BCUT2D eigenvalue weighted by Gasteiger charge is 2.28. The third-order valence-electron chi connectivity index (χ3n) is 3.47. The largest absolute Gasteiger partial charge is 0.409 e. The Morgan fingerprint density at radius 2 is 2.32 bits per heavy atom. The van der Waals surface area contributed by atoms with Crippen LogP contribution in [0.25, 0.3) is 0 Å². The Hall–Kier alpha value is -1.66. The molecule has 0 amide bonds. The zero-order chi connectivity index (χ0) is 13.8. The smallest absolute Gasteiger partial charge is 0.170 e. The van der Waals surface area contributed by atoms with Crippen molar-refractivity contribution in [3.05, 3.63) is 35.1 Å². The van der Waals surface area contributed by atoms with E-state index in [0.29, 0.717) is 29.8 Å². The molecular weight excluding hydrogens is 249 g/mol. The van der Waals surface area contributed by atoms with Crippen LogP contribution in [-0.4, -0.2) is 30.3 Å². The van der Waals surface area contributed by atoms with Crippen molar-refractivity contribution < 1.29 is 14.3 Å². The molecule has 104 valence electrons. The van der Waals surface area contributed by atoms with Crippen LogP contribution in [0.1, 0.15) is 24.0 Å². The molecule has 0 aromatic heterocycles. The van der Waals surface area contributed by atoms with E-state index < -0.39 is 0 Å². The SMILES string of the molecule is COC1CC(NCc2ccc(/C(N)=N/O)cc2F)C1. The summed E-state index contributed by atoms with van der Waals surface area (Å²) < 4.78 is 19.0. The highest BCUT2D eigenvalue weighted by atomic mass is 19.1. The predicted octanol–water partition coefficient (Wildman–Crippen LogP) is 1.19. The van der Waals surface area contributed by atoms with Crippen LogP contribution < -0.4 is 11.1 Å². The van der Waals surface area contributed by atoms with Crippen molar-refractivity contribution in [2.75, 3.05) is 7.11 Å². The summed E-state index contributed by atoms with van der Waals surface area (Å²) >= 11 is 0. The van der Waals surface area contributed by atoms with Crippen molar-refractivity contribution in [2.24, 2.45) is 10.9 Å². The number of nitrogens with two attached hydrogens (primary N) is 1. The molecule has 0 unspecified atom stereocenters. The van der Waals surface area contributed by atoms with E-state index in [4.69, 9.17) is 15.7 Å². The van der Waals surface area contributed by atoms with Crippen molar-refractivity contribution in [1.29, 1.82) is 0 Å². The van der Waals surface area contributed by atoms with Gasteiger partial charge in [0, 0.05) is 30.8 Å². The second-order valence-electron chi connectivity index (χ2n) is 4.70. The van der Waals surface area contributed by atoms with Crippen molar-refractivity contribution in [3.8, 4) is 0 Å².